The van der Waals surface area contributed by atoms with Gasteiger partial charge in [-0.15, -0.1) is 0 Å². The van der Waals surface area contributed by atoms with Gasteiger partial charge < -0.3 is 55.4 Å². The summed E-state index contributed by atoms with van der Waals surface area (Å²) in [4.78, 5) is 87.7. The van der Waals surface area contributed by atoms with Crippen LogP contribution in [0.1, 0.15) is 121 Å². The molecule has 0 aromatic heterocycles. The van der Waals surface area contributed by atoms with Gasteiger partial charge >= 0.3 is 12.1 Å². The Labute approximate surface area is 520 Å². The number of amides is 6. The molecule has 21 nitrogen and oxygen atoms in total. The molecule has 4 aliphatic rings. The summed E-state index contributed by atoms with van der Waals surface area (Å²) in [6.07, 6.45) is 8.57. The number of unbranched alkanes of at least 4 members (excludes halogenated alkanes) is 2. The monoisotopic (exact) mass is 1240 g/mol. The van der Waals surface area contributed by atoms with Gasteiger partial charge in [0, 0.05) is 57.0 Å². The normalized spacial score (nSPS) is 22.5. The maximum absolute atomic E-state index is 13.3. The maximum Gasteiger partial charge on any atom is 0.407 e. The molecule has 3 aliphatic heterocycles. The number of hydrogen-bond acceptors (Lipinski definition) is 15. The van der Waals surface area contributed by atoms with Crippen LogP contribution in [0.2, 0.25) is 0 Å². The summed E-state index contributed by atoms with van der Waals surface area (Å²) in [6, 6.07) is 28.6. The Morgan fingerprint density at radius 2 is 1.48 bits per heavy atom. The Morgan fingerprint density at radius 1 is 0.787 bits per heavy atom. The molecule has 8 rings (SSSR count). The molecule has 3 heterocycles. The van der Waals surface area contributed by atoms with Gasteiger partial charge in [0.2, 0.25) is 29.5 Å². The number of para-hydroxylation sites is 1. The highest BCUT2D eigenvalue weighted by Gasteiger charge is 2.58. The second-order valence-electron chi connectivity index (χ2n) is 23.3. The highest BCUT2D eigenvalue weighted by molar-refractivity contribution is 7.90. The second kappa shape index (κ2) is 31.4. The molecule has 6 amide bonds. The van der Waals surface area contributed by atoms with Crippen molar-refractivity contribution >= 4 is 57.3 Å². The lowest BCUT2D eigenvalue weighted by Crippen LogP contribution is -2.50. The Balaban J connectivity index is 0.691. The standard InChI is InChI=1S/C67H82N6O15S/c1-42(22-30-58-43(2)35-57(45(4)87-58)72-61(76)32-24-44(3)86-46(5)74)23-31-59-65(80)67(41-85-67)37-49(88-59)36-63(78)69-38-47-25-28-50(29-26-47)89(82,83)73-62(77)33-27-48-15-8-13-20-56(48)71-64(79)39-70-60(75)21-7-6-14-34-68-66(81)84-40-55-53-18-11-9-16-51(53)52-17-10-12-19-54(52)55/h8-13,15-20,22-26,28-29,31-32,43-45,49,55,57-59,65,80H,6-7,14,21,27,30,33-41H2,1-5H3,(H,68,81)(H,69,78)(H,70,75)(H,71,79)(H,72,76)(H,73,77)/t43-,44-,45+,49+,57+,58-,59+,65+,67+/m0/s1. The van der Waals surface area contributed by atoms with Crippen molar-refractivity contribution in [3.8, 4) is 11.1 Å². The number of carbonyl (C=O) groups is 7. The molecule has 4 aromatic rings. The Hall–Kier alpha value is -8.02. The number of allylic oxidation sites excluding steroid dienone is 2. The van der Waals surface area contributed by atoms with E-state index in [0.29, 0.717) is 68.5 Å². The SMILES string of the molecule is CC(=O)O[C@@H](C)C=CC(=O)N[C@@H]1C[C@H](C)[C@H](CC=C(C)C=C[C@H]2O[C@H](CC(=O)NCc3ccc(S(=O)(=O)NC(=O)CCc4ccccc4NC(=O)CNC(=O)CCCCCNC(=O)OCC4c5ccccc5-c5ccccc54)cc3)C[C@@]3(CO3)[C@@H]2O)O[C@@H]1C. The summed E-state index contributed by atoms with van der Waals surface area (Å²) in [7, 11) is -4.26. The predicted molar refractivity (Wildman–Crippen MR) is 332 cm³/mol. The van der Waals surface area contributed by atoms with Crippen LogP contribution in [0.25, 0.3) is 11.1 Å². The first-order chi connectivity index (χ1) is 42.6. The molecule has 0 saturated carbocycles. The van der Waals surface area contributed by atoms with Crippen molar-refractivity contribution in [3.05, 3.63) is 155 Å². The van der Waals surface area contributed by atoms with E-state index in [2.05, 4.69) is 68.6 Å². The quantitative estimate of drug-likeness (QED) is 0.00967. The molecule has 4 aromatic carbocycles. The van der Waals surface area contributed by atoms with E-state index in [1.165, 1.54) is 43.3 Å². The van der Waals surface area contributed by atoms with Crippen LogP contribution < -0.4 is 31.3 Å². The third-order valence-corrected chi connectivity index (χ3v) is 17.8. The van der Waals surface area contributed by atoms with Gasteiger partial charge in [0.15, 0.2) is 0 Å². The molecule has 1 aliphatic carbocycles. The zero-order valence-electron chi connectivity index (χ0n) is 51.0. The van der Waals surface area contributed by atoms with Gasteiger partial charge in [-0.2, -0.15) is 0 Å². The summed E-state index contributed by atoms with van der Waals surface area (Å²) in [6.45, 7) is 9.67. The number of esters is 1. The minimum Gasteiger partial charge on any atom is -0.459 e. The first-order valence-corrected chi connectivity index (χ1v) is 31.9. The van der Waals surface area contributed by atoms with Crippen LogP contribution in [0.15, 0.2) is 138 Å². The van der Waals surface area contributed by atoms with Crippen LogP contribution in [-0.2, 0) is 75.4 Å². The summed E-state index contributed by atoms with van der Waals surface area (Å²) in [5.74, 6) is -2.49. The van der Waals surface area contributed by atoms with Crippen molar-refractivity contribution in [2.45, 2.75) is 164 Å². The number of alkyl carbamates (subject to hydrolysis) is 1. The van der Waals surface area contributed by atoms with E-state index in [0.717, 1.165) is 27.8 Å². The lowest BCUT2D eigenvalue weighted by Gasteiger charge is -2.39. The molecular weight excluding hydrogens is 1160 g/mol. The van der Waals surface area contributed by atoms with Gasteiger partial charge in [-0.1, -0.05) is 116 Å². The molecule has 22 heteroatoms. The molecule has 3 fully saturated rings. The van der Waals surface area contributed by atoms with Gasteiger partial charge in [0.25, 0.3) is 10.0 Å². The number of nitrogens with one attached hydrogen (secondary N) is 6. The molecule has 0 bridgehead atoms. The zero-order chi connectivity index (χ0) is 63.7. The van der Waals surface area contributed by atoms with Crippen LogP contribution in [0.5, 0.6) is 0 Å². The number of benzene rings is 4. The second-order valence-corrected chi connectivity index (χ2v) is 25.0. The minimum atomic E-state index is -4.26. The van der Waals surface area contributed by atoms with Crippen molar-refractivity contribution in [1.82, 2.24) is 26.0 Å². The first kappa shape index (κ1) is 66.9. The smallest absolute Gasteiger partial charge is 0.407 e. The molecule has 9 atom stereocenters. The van der Waals surface area contributed by atoms with Gasteiger partial charge in [0.05, 0.1) is 48.8 Å². The summed E-state index contributed by atoms with van der Waals surface area (Å²) in [5, 5.41) is 25.2. The van der Waals surface area contributed by atoms with Crippen molar-refractivity contribution < 1.29 is 70.8 Å². The molecule has 0 unspecified atom stereocenters. The molecule has 1 spiro atoms. The number of epoxide rings is 1. The average Bonchev–Trinajstić information content (AvgIpc) is 1.63. The Bertz CT molecular complexity index is 3340. The van der Waals surface area contributed by atoms with E-state index < -0.39 is 63.9 Å². The number of fused-ring (bicyclic) bond motifs is 3. The molecule has 476 valence electrons. The maximum atomic E-state index is 13.3. The minimum absolute atomic E-state index is 0.0107. The summed E-state index contributed by atoms with van der Waals surface area (Å²) >= 11 is 0. The third-order valence-electron chi connectivity index (χ3n) is 16.4. The van der Waals surface area contributed by atoms with Crippen molar-refractivity contribution in [3.63, 3.8) is 0 Å². The topological polar surface area (TPSA) is 295 Å². The highest BCUT2D eigenvalue weighted by Crippen LogP contribution is 2.45. The fourth-order valence-electron chi connectivity index (χ4n) is 11.4. The lowest BCUT2D eigenvalue weighted by atomic mass is 9.87. The number of rotatable bonds is 28. The van der Waals surface area contributed by atoms with Crippen LogP contribution in [0.3, 0.4) is 0 Å². The number of anilines is 1. The van der Waals surface area contributed by atoms with Gasteiger partial charge in [-0.25, -0.2) is 17.9 Å². The molecule has 0 radical (unpaired) electrons. The van der Waals surface area contributed by atoms with Gasteiger partial charge in [-0.3, -0.25) is 28.8 Å². The number of aliphatic hydroxyl groups excluding tert-OH is 1. The van der Waals surface area contributed by atoms with E-state index in [9.17, 15) is 47.1 Å². The van der Waals surface area contributed by atoms with E-state index in [1.807, 2.05) is 44.2 Å². The number of aryl methyl sites for hydroxylation is 1. The largest absolute Gasteiger partial charge is 0.459 e. The zero-order valence-corrected chi connectivity index (χ0v) is 51.8. The van der Waals surface area contributed by atoms with Crippen LogP contribution in [-0.4, -0.2) is 130 Å². The number of carbonyl (C=O) groups excluding carboxylic acids is 7. The average molecular weight is 1240 g/mol. The number of ether oxygens (including phenoxy) is 5. The van der Waals surface area contributed by atoms with Gasteiger partial charge in [-0.05, 0) is 116 Å². The van der Waals surface area contributed by atoms with Crippen LogP contribution in [0, 0.1) is 5.92 Å². The molecule has 3 saturated heterocycles. The fraction of sp³-hybridized carbons (Fsp3) is 0.448. The predicted octanol–water partition coefficient (Wildman–Crippen LogP) is 7.27. The van der Waals surface area contributed by atoms with Crippen molar-refractivity contribution in [2.75, 3.05) is 31.6 Å². The van der Waals surface area contributed by atoms with Gasteiger partial charge in [0.1, 0.15) is 30.5 Å². The van der Waals surface area contributed by atoms with Crippen molar-refractivity contribution in [2.24, 2.45) is 5.92 Å². The van der Waals surface area contributed by atoms with E-state index in [1.54, 1.807) is 37.3 Å². The molecule has 7 N–H and O–H groups in total. The summed E-state index contributed by atoms with van der Waals surface area (Å²) < 4.78 is 57.5. The third kappa shape index (κ3) is 19.5. The Morgan fingerprint density at radius 3 is 2.19 bits per heavy atom. The molecule has 89 heavy (non-hydrogen) atoms. The van der Waals surface area contributed by atoms with Crippen molar-refractivity contribution in [1.29, 1.82) is 0 Å². The number of sulfonamides is 1. The van der Waals surface area contributed by atoms with E-state index in [4.69, 9.17) is 23.7 Å². The number of aliphatic hydroxyl groups is 1. The highest BCUT2D eigenvalue weighted by atomic mass is 32.2. The first-order valence-electron chi connectivity index (χ1n) is 30.4. The van der Waals surface area contributed by atoms with E-state index >= 15 is 0 Å². The lowest BCUT2D eigenvalue weighted by molar-refractivity contribution is -0.145. The van der Waals surface area contributed by atoms with E-state index in [-0.39, 0.29) is 98.1 Å². The van der Waals surface area contributed by atoms with Crippen LogP contribution in [0.4, 0.5) is 10.5 Å². The summed E-state index contributed by atoms with van der Waals surface area (Å²) in [5.41, 5.74) is 6.27. The Kier molecular flexibility index (Phi) is 23.6. The molecular formula is C67H82N6O15S. The fourth-order valence-corrected chi connectivity index (χ4v) is 12.4. The number of hydrogen-bond donors (Lipinski definition) is 7. The van der Waals surface area contributed by atoms with Crippen LogP contribution >= 0.6 is 0 Å².